The van der Waals surface area contributed by atoms with Crippen molar-refractivity contribution >= 4 is 10.9 Å². The van der Waals surface area contributed by atoms with E-state index in [1.54, 1.807) is 5.56 Å². The van der Waals surface area contributed by atoms with Gasteiger partial charge >= 0.3 is 0 Å². The highest BCUT2D eigenvalue weighted by molar-refractivity contribution is 5.83. The largest absolute Gasteiger partial charge is 0.316 e. The number of piperidine rings is 1. The van der Waals surface area contributed by atoms with E-state index < -0.39 is 0 Å². The van der Waals surface area contributed by atoms with Crippen LogP contribution in [0.5, 0.6) is 0 Å². The molecule has 0 spiro atoms. The average molecular weight is 283 g/mol. The van der Waals surface area contributed by atoms with E-state index in [0.29, 0.717) is 5.41 Å². The summed E-state index contributed by atoms with van der Waals surface area (Å²) in [5, 5.41) is 12.5. The van der Waals surface area contributed by atoms with Gasteiger partial charge in [-0.25, -0.2) is 0 Å². The van der Waals surface area contributed by atoms with Crippen LogP contribution < -0.4 is 5.32 Å². The molecule has 112 valence electrons. The number of fused-ring (bicyclic) bond motifs is 3. The lowest BCUT2D eigenvalue weighted by Crippen LogP contribution is -2.56. The van der Waals surface area contributed by atoms with Crippen molar-refractivity contribution in [2.75, 3.05) is 13.1 Å². The lowest BCUT2D eigenvalue weighted by molar-refractivity contribution is 0.0588. The molecule has 0 radical (unpaired) electrons. The summed E-state index contributed by atoms with van der Waals surface area (Å²) in [6.45, 7) is 4.71. The smallest absolute Gasteiger partial charge is 0.0653 e. The minimum absolute atomic E-state index is 0.363. The zero-order valence-electron chi connectivity index (χ0n) is 12.9. The van der Waals surface area contributed by atoms with E-state index >= 15 is 0 Å². The fraction of sp³-hybridized carbons (Fsp3) is 0.611. The van der Waals surface area contributed by atoms with Gasteiger partial charge in [-0.2, -0.15) is 5.10 Å². The van der Waals surface area contributed by atoms with Crippen molar-refractivity contribution in [3.63, 3.8) is 0 Å². The van der Waals surface area contributed by atoms with Crippen molar-refractivity contribution in [2.24, 2.45) is 11.8 Å². The normalized spacial score (nSPS) is 32.4. The molecule has 1 aromatic carbocycles. The molecule has 2 aliphatic rings. The quantitative estimate of drug-likeness (QED) is 0.903. The van der Waals surface area contributed by atoms with Gasteiger partial charge in [0.2, 0.25) is 0 Å². The lowest BCUT2D eigenvalue weighted by Gasteiger charge is -2.54. The molecule has 2 N–H and O–H groups in total. The van der Waals surface area contributed by atoms with Crippen LogP contribution in [0.4, 0.5) is 0 Å². The van der Waals surface area contributed by atoms with Crippen molar-refractivity contribution < 1.29 is 0 Å². The van der Waals surface area contributed by atoms with Gasteiger partial charge in [-0.1, -0.05) is 31.9 Å². The topological polar surface area (TPSA) is 40.7 Å². The average Bonchev–Trinajstić information content (AvgIpc) is 2.95. The van der Waals surface area contributed by atoms with Crippen LogP contribution in [0.25, 0.3) is 10.9 Å². The van der Waals surface area contributed by atoms with Crippen molar-refractivity contribution in [2.45, 2.75) is 44.4 Å². The zero-order valence-corrected chi connectivity index (χ0v) is 12.9. The van der Waals surface area contributed by atoms with Gasteiger partial charge in [0.15, 0.2) is 0 Å². The number of nitrogens with one attached hydrogen (secondary N) is 2. The molecule has 1 saturated heterocycles. The molecule has 0 amide bonds. The van der Waals surface area contributed by atoms with Crippen LogP contribution in [0.3, 0.4) is 0 Å². The highest BCUT2D eigenvalue weighted by Crippen LogP contribution is 2.53. The molecule has 21 heavy (non-hydrogen) atoms. The molecular formula is C18H25N3. The van der Waals surface area contributed by atoms with Gasteiger partial charge in [-0.3, -0.25) is 5.10 Å². The van der Waals surface area contributed by atoms with Crippen LogP contribution >= 0.6 is 0 Å². The second kappa shape index (κ2) is 5.13. The Morgan fingerprint density at radius 2 is 2.05 bits per heavy atom. The summed E-state index contributed by atoms with van der Waals surface area (Å²) in [5.74, 6) is 1.57. The van der Waals surface area contributed by atoms with Gasteiger partial charge in [0.25, 0.3) is 0 Å². The van der Waals surface area contributed by atoms with Crippen LogP contribution in [-0.4, -0.2) is 23.3 Å². The second-order valence-corrected chi connectivity index (χ2v) is 6.91. The van der Waals surface area contributed by atoms with E-state index in [2.05, 4.69) is 40.6 Å². The molecule has 1 aromatic heterocycles. The molecule has 2 atom stereocenters. The minimum atomic E-state index is 0.363. The molecule has 1 saturated carbocycles. The third-order valence-electron chi connectivity index (χ3n) is 5.99. The van der Waals surface area contributed by atoms with Crippen molar-refractivity contribution in [3.8, 4) is 0 Å². The molecule has 2 unspecified atom stereocenters. The summed E-state index contributed by atoms with van der Waals surface area (Å²) in [5.41, 5.74) is 3.12. The molecule has 1 aliphatic heterocycles. The van der Waals surface area contributed by atoms with Gasteiger partial charge < -0.3 is 5.32 Å². The van der Waals surface area contributed by atoms with E-state index in [-0.39, 0.29) is 0 Å². The molecule has 3 heteroatoms. The Balaban J connectivity index is 1.93. The fourth-order valence-electron chi connectivity index (χ4n) is 5.23. The first kappa shape index (κ1) is 13.3. The maximum absolute atomic E-state index is 4.30. The Morgan fingerprint density at radius 1 is 1.24 bits per heavy atom. The Bertz CT molecular complexity index is 608. The molecule has 3 nitrogen and oxygen atoms in total. The first-order valence-electron chi connectivity index (χ1n) is 8.49. The highest BCUT2D eigenvalue weighted by atomic mass is 15.1. The number of aromatic nitrogens is 2. The van der Waals surface area contributed by atoms with E-state index in [9.17, 15) is 0 Å². The summed E-state index contributed by atoms with van der Waals surface area (Å²) >= 11 is 0. The van der Waals surface area contributed by atoms with Gasteiger partial charge in [-0.05, 0) is 55.8 Å². The molecule has 2 heterocycles. The SMILES string of the molecule is CCCC1(c2cccc3[nH]ncc23)C2CCCC1CNC2. The second-order valence-electron chi connectivity index (χ2n) is 6.91. The van der Waals surface area contributed by atoms with E-state index in [0.717, 1.165) is 11.8 Å². The summed E-state index contributed by atoms with van der Waals surface area (Å²) in [6.07, 6.45) is 8.77. The number of hydrogen-bond acceptors (Lipinski definition) is 2. The fourth-order valence-corrected chi connectivity index (χ4v) is 5.23. The summed E-state index contributed by atoms with van der Waals surface area (Å²) in [4.78, 5) is 0. The summed E-state index contributed by atoms with van der Waals surface area (Å²) in [7, 11) is 0. The van der Waals surface area contributed by atoms with Crippen LogP contribution in [0.15, 0.2) is 24.4 Å². The third-order valence-corrected chi connectivity index (χ3v) is 5.99. The van der Waals surface area contributed by atoms with Gasteiger partial charge in [0.1, 0.15) is 0 Å². The number of hydrogen-bond donors (Lipinski definition) is 2. The number of rotatable bonds is 3. The maximum Gasteiger partial charge on any atom is 0.0653 e. The molecule has 2 aromatic rings. The predicted octanol–water partition coefficient (Wildman–Crippen LogP) is 3.62. The molecular weight excluding hydrogens is 258 g/mol. The Labute approximate surface area is 126 Å². The number of benzene rings is 1. The van der Waals surface area contributed by atoms with E-state index in [1.807, 2.05) is 6.20 Å². The van der Waals surface area contributed by atoms with E-state index in [1.165, 1.54) is 56.1 Å². The minimum Gasteiger partial charge on any atom is -0.316 e. The van der Waals surface area contributed by atoms with Crippen molar-refractivity contribution in [1.82, 2.24) is 15.5 Å². The first-order chi connectivity index (χ1) is 10.4. The van der Waals surface area contributed by atoms with Crippen molar-refractivity contribution in [3.05, 3.63) is 30.0 Å². The van der Waals surface area contributed by atoms with Crippen LogP contribution in [0.2, 0.25) is 0 Å². The zero-order chi connectivity index (χ0) is 14.3. The molecule has 2 bridgehead atoms. The highest BCUT2D eigenvalue weighted by Gasteiger charge is 2.50. The van der Waals surface area contributed by atoms with Crippen molar-refractivity contribution in [1.29, 1.82) is 0 Å². The number of nitrogens with zero attached hydrogens (tertiary/aromatic N) is 1. The van der Waals surface area contributed by atoms with Gasteiger partial charge in [0, 0.05) is 10.8 Å². The van der Waals surface area contributed by atoms with Crippen LogP contribution in [-0.2, 0) is 5.41 Å². The third kappa shape index (κ3) is 1.87. The van der Waals surface area contributed by atoms with Gasteiger partial charge in [0.05, 0.1) is 11.7 Å². The maximum atomic E-state index is 4.30. The van der Waals surface area contributed by atoms with Crippen LogP contribution in [0.1, 0.15) is 44.6 Å². The molecule has 4 rings (SSSR count). The Morgan fingerprint density at radius 3 is 2.81 bits per heavy atom. The van der Waals surface area contributed by atoms with Gasteiger partial charge in [-0.15, -0.1) is 0 Å². The Hall–Kier alpha value is -1.35. The molecule has 1 aliphatic carbocycles. The molecule has 2 fully saturated rings. The van der Waals surface area contributed by atoms with Crippen LogP contribution in [0, 0.1) is 11.8 Å². The number of H-pyrrole nitrogens is 1. The first-order valence-corrected chi connectivity index (χ1v) is 8.49. The Kier molecular flexibility index (Phi) is 3.26. The summed E-state index contributed by atoms with van der Waals surface area (Å²) < 4.78 is 0. The number of aromatic amines is 1. The predicted molar refractivity (Wildman–Crippen MR) is 86.4 cm³/mol. The van der Waals surface area contributed by atoms with E-state index in [4.69, 9.17) is 0 Å². The standard InChI is InChI=1S/C18H25N3/c1-2-9-18(13-5-3-6-14(18)11-19-10-13)16-7-4-8-17-15(16)12-20-21-17/h4,7-8,12-14,19H,2-3,5-6,9-11H2,1H3,(H,20,21). The monoisotopic (exact) mass is 283 g/mol. The summed E-state index contributed by atoms with van der Waals surface area (Å²) in [6, 6.07) is 6.75. The lowest BCUT2D eigenvalue weighted by atomic mass is 9.53.